The van der Waals surface area contributed by atoms with Gasteiger partial charge in [0, 0.05) is 18.2 Å². The largest absolute Gasteiger partial charge is 0.478 e. The number of aryl methyl sites for hydroxylation is 1. The first-order valence-corrected chi connectivity index (χ1v) is 6.94. The van der Waals surface area contributed by atoms with E-state index < -0.39 is 5.97 Å². The highest BCUT2D eigenvalue weighted by Crippen LogP contribution is 2.37. The molecule has 21 heavy (non-hydrogen) atoms. The van der Waals surface area contributed by atoms with Crippen LogP contribution in [0.4, 0.5) is 5.82 Å². The minimum absolute atomic E-state index is 0.0314. The van der Waals surface area contributed by atoms with Gasteiger partial charge in [-0.3, -0.25) is 4.79 Å². The van der Waals surface area contributed by atoms with Gasteiger partial charge in [-0.1, -0.05) is 20.8 Å². The first-order chi connectivity index (χ1) is 9.70. The number of anilines is 1. The molecule has 2 N–H and O–H groups in total. The van der Waals surface area contributed by atoms with Crippen molar-refractivity contribution < 1.29 is 14.7 Å². The van der Waals surface area contributed by atoms with Gasteiger partial charge >= 0.3 is 5.97 Å². The van der Waals surface area contributed by atoms with E-state index in [9.17, 15) is 14.7 Å². The number of hydrogen-bond donors (Lipinski definition) is 2. The second-order valence-electron chi connectivity index (χ2n) is 6.34. The molecule has 0 unspecified atom stereocenters. The maximum absolute atomic E-state index is 11.4. The van der Waals surface area contributed by atoms with Crippen LogP contribution in [0.25, 0.3) is 5.57 Å². The Morgan fingerprint density at radius 2 is 2.00 bits per heavy atom. The third-order valence-corrected chi connectivity index (χ3v) is 3.58. The van der Waals surface area contributed by atoms with Crippen molar-refractivity contribution in [2.24, 2.45) is 5.41 Å². The molecule has 2 heterocycles. The van der Waals surface area contributed by atoms with Crippen LogP contribution in [0.15, 0.2) is 17.8 Å². The number of carbonyl (C=O) groups is 2. The highest BCUT2D eigenvalue weighted by Gasteiger charge is 2.26. The monoisotopic (exact) mass is 288 g/mol. The Balaban J connectivity index is 2.56. The second kappa shape index (κ2) is 5.31. The number of rotatable bonds is 2. The minimum atomic E-state index is -0.925. The molecule has 0 spiro atoms. The molecule has 1 aromatic heterocycles. The maximum Gasteiger partial charge on any atom is 0.331 e. The van der Waals surface area contributed by atoms with E-state index in [-0.39, 0.29) is 11.3 Å². The van der Waals surface area contributed by atoms with Crippen molar-refractivity contribution in [1.82, 2.24) is 4.98 Å². The van der Waals surface area contributed by atoms with E-state index in [0.29, 0.717) is 24.2 Å². The van der Waals surface area contributed by atoms with E-state index >= 15 is 0 Å². The Morgan fingerprint density at radius 1 is 1.33 bits per heavy atom. The van der Waals surface area contributed by atoms with Crippen molar-refractivity contribution in [2.75, 3.05) is 5.32 Å². The number of nitrogens with zero attached hydrogens (tertiary/aromatic N) is 1. The van der Waals surface area contributed by atoms with Gasteiger partial charge in [-0.15, -0.1) is 0 Å². The molecule has 0 aliphatic carbocycles. The average Bonchev–Trinajstić information content (AvgIpc) is 2.37. The standard InChI is InChI=1S/C16H20N2O3/c1-9(15(20)21)13(16(2,3)4)11-7-10-5-6-12(19)18-14(10)17-8-11/h7-8H,5-6H2,1-4H3,(H,20,21)(H,17,18,19). The van der Waals surface area contributed by atoms with Gasteiger partial charge in [-0.05, 0) is 41.5 Å². The van der Waals surface area contributed by atoms with Gasteiger partial charge in [0.2, 0.25) is 5.91 Å². The quantitative estimate of drug-likeness (QED) is 0.820. The van der Waals surface area contributed by atoms with Gasteiger partial charge in [0.05, 0.1) is 0 Å². The number of nitrogens with one attached hydrogen (secondary N) is 1. The summed E-state index contributed by atoms with van der Waals surface area (Å²) < 4.78 is 0. The Morgan fingerprint density at radius 3 is 2.57 bits per heavy atom. The van der Waals surface area contributed by atoms with Gasteiger partial charge in [-0.2, -0.15) is 0 Å². The average molecular weight is 288 g/mol. The summed E-state index contributed by atoms with van der Waals surface area (Å²) in [5, 5.41) is 12.0. The summed E-state index contributed by atoms with van der Waals surface area (Å²) in [4.78, 5) is 27.0. The zero-order chi connectivity index (χ0) is 15.8. The predicted octanol–water partition coefficient (Wildman–Crippen LogP) is 2.87. The van der Waals surface area contributed by atoms with Crippen molar-refractivity contribution in [2.45, 2.75) is 40.5 Å². The maximum atomic E-state index is 11.4. The third kappa shape index (κ3) is 3.12. The SMILES string of the molecule is CC(C(=O)O)=C(c1cnc2c(c1)CCC(=O)N2)C(C)(C)C. The van der Waals surface area contributed by atoms with E-state index in [4.69, 9.17) is 0 Å². The number of hydrogen-bond acceptors (Lipinski definition) is 3. The molecule has 0 saturated carbocycles. The number of aromatic nitrogens is 1. The molecule has 1 aliphatic rings. The normalized spacial score (nSPS) is 15.9. The lowest BCUT2D eigenvalue weighted by Crippen LogP contribution is -2.21. The first kappa shape index (κ1) is 15.2. The van der Waals surface area contributed by atoms with Crippen LogP contribution >= 0.6 is 0 Å². The molecule has 112 valence electrons. The topological polar surface area (TPSA) is 79.3 Å². The molecule has 0 aromatic carbocycles. The Hall–Kier alpha value is -2.17. The van der Waals surface area contributed by atoms with Crippen LogP contribution in [0.3, 0.4) is 0 Å². The summed E-state index contributed by atoms with van der Waals surface area (Å²) in [5.41, 5.74) is 2.53. The van der Waals surface area contributed by atoms with Crippen LogP contribution < -0.4 is 5.32 Å². The van der Waals surface area contributed by atoms with E-state index in [0.717, 1.165) is 16.7 Å². The Bertz CT molecular complexity index is 639. The molecule has 5 heteroatoms. The summed E-state index contributed by atoms with van der Waals surface area (Å²) in [7, 11) is 0. The zero-order valence-corrected chi connectivity index (χ0v) is 12.8. The van der Waals surface area contributed by atoms with Crippen molar-refractivity contribution in [3.8, 4) is 0 Å². The predicted molar refractivity (Wildman–Crippen MR) is 80.9 cm³/mol. The fraction of sp³-hybridized carbons (Fsp3) is 0.438. The fourth-order valence-corrected chi connectivity index (χ4v) is 2.71. The molecule has 0 saturated heterocycles. The molecule has 0 bridgehead atoms. The third-order valence-electron chi connectivity index (χ3n) is 3.58. The molecule has 2 rings (SSSR count). The molecule has 1 aliphatic heterocycles. The van der Waals surface area contributed by atoms with Crippen LogP contribution in [0, 0.1) is 5.41 Å². The number of fused-ring (bicyclic) bond motifs is 1. The van der Waals surface area contributed by atoms with Crippen molar-refractivity contribution in [1.29, 1.82) is 0 Å². The summed E-state index contributed by atoms with van der Waals surface area (Å²) in [6.45, 7) is 7.56. The van der Waals surface area contributed by atoms with Gasteiger partial charge in [-0.25, -0.2) is 9.78 Å². The summed E-state index contributed by atoms with van der Waals surface area (Å²) in [6, 6.07) is 1.94. The molecule has 1 aromatic rings. The number of pyridine rings is 1. The second-order valence-corrected chi connectivity index (χ2v) is 6.34. The Labute approximate surface area is 124 Å². The number of allylic oxidation sites excluding steroid dienone is 1. The lowest BCUT2D eigenvalue weighted by Gasteiger charge is -2.26. The van der Waals surface area contributed by atoms with Crippen molar-refractivity contribution >= 4 is 23.3 Å². The highest BCUT2D eigenvalue weighted by atomic mass is 16.4. The number of carboxylic acids is 1. The lowest BCUT2D eigenvalue weighted by molar-refractivity contribution is -0.132. The molecule has 0 radical (unpaired) electrons. The number of carbonyl (C=O) groups excluding carboxylic acids is 1. The van der Waals surface area contributed by atoms with Gasteiger partial charge < -0.3 is 10.4 Å². The van der Waals surface area contributed by atoms with Crippen molar-refractivity contribution in [3.63, 3.8) is 0 Å². The molecule has 0 fully saturated rings. The van der Waals surface area contributed by atoms with E-state index in [1.165, 1.54) is 0 Å². The van der Waals surface area contributed by atoms with Crippen LogP contribution in [-0.4, -0.2) is 22.0 Å². The zero-order valence-electron chi connectivity index (χ0n) is 12.8. The van der Waals surface area contributed by atoms with Crippen LogP contribution in [0.5, 0.6) is 0 Å². The molecule has 0 atom stereocenters. The van der Waals surface area contributed by atoms with Crippen LogP contribution in [0.1, 0.15) is 45.2 Å². The number of carboxylic acid groups (broad SMARTS) is 1. The molecule has 1 amide bonds. The van der Waals surface area contributed by atoms with Crippen molar-refractivity contribution in [3.05, 3.63) is 29.0 Å². The smallest absolute Gasteiger partial charge is 0.331 e. The molecular weight excluding hydrogens is 268 g/mol. The fourth-order valence-electron chi connectivity index (χ4n) is 2.71. The van der Waals surface area contributed by atoms with Gasteiger partial charge in [0.15, 0.2) is 0 Å². The summed E-state index contributed by atoms with van der Waals surface area (Å²) in [5.74, 6) is -0.377. The van der Waals surface area contributed by atoms with E-state index in [1.807, 2.05) is 26.8 Å². The Kier molecular flexibility index (Phi) is 3.85. The minimum Gasteiger partial charge on any atom is -0.478 e. The van der Waals surface area contributed by atoms with E-state index in [1.54, 1.807) is 13.1 Å². The van der Waals surface area contributed by atoms with Gasteiger partial charge in [0.25, 0.3) is 0 Å². The summed E-state index contributed by atoms with van der Waals surface area (Å²) >= 11 is 0. The van der Waals surface area contributed by atoms with Crippen LogP contribution in [0.2, 0.25) is 0 Å². The molecular formula is C16H20N2O3. The number of aliphatic carboxylic acids is 1. The summed E-state index contributed by atoms with van der Waals surface area (Å²) in [6.07, 6.45) is 2.70. The highest BCUT2D eigenvalue weighted by molar-refractivity contribution is 5.97. The van der Waals surface area contributed by atoms with Crippen LogP contribution in [-0.2, 0) is 16.0 Å². The number of amides is 1. The molecule has 5 nitrogen and oxygen atoms in total. The van der Waals surface area contributed by atoms with Gasteiger partial charge in [0.1, 0.15) is 5.82 Å². The van der Waals surface area contributed by atoms with E-state index in [2.05, 4.69) is 10.3 Å². The first-order valence-electron chi connectivity index (χ1n) is 6.94. The lowest BCUT2D eigenvalue weighted by atomic mass is 9.79.